The molecule has 0 bridgehead atoms. The molecule has 1 fully saturated rings. The van der Waals surface area contributed by atoms with Crippen LogP contribution in [-0.4, -0.2) is 54.6 Å². The van der Waals surface area contributed by atoms with Gasteiger partial charge in [0, 0.05) is 19.7 Å². The molecule has 0 aromatic heterocycles. The van der Waals surface area contributed by atoms with Crippen LogP contribution in [0.25, 0.3) is 0 Å². The maximum atomic E-state index is 11.7. The highest BCUT2D eigenvalue weighted by Gasteiger charge is 2.30. The van der Waals surface area contributed by atoms with E-state index in [4.69, 9.17) is 10.2 Å². The largest absolute Gasteiger partial charge is 0.480 e. The Hall–Kier alpha value is -0.700. The molecule has 0 aromatic rings. The molecule has 1 aliphatic rings. The Labute approximate surface area is 94.2 Å². The lowest BCUT2D eigenvalue weighted by molar-refractivity contribution is -0.139. The molecular weight excluding hydrogens is 236 g/mol. The van der Waals surface area contributed by atoms with Crippen molar-refractivity contribution in [2.75, 3.05) is 19.7 Å². The molecule has 94 valence electrons. The van der Waals surface area contributed by atoms with E-state index in [0.29, 0.717) is 13.1 Å². The van der Waals surface area contributed by atoms with E-state index in [9.17, 15) is 13.2 Å². The molecule has 1 unspecified atom stereocenters. The first kappa shape index (κ1) is 13.4. The number of aliphatic hydroxyl groups excluding tert-OH is 1. The third-order valence-electron chi connectivity index (χ3n) is 2.41. The SMILES string of the molecule is O=C(O)C(CCO)NS(=O)(=O)N1CCCC1. The van der Waals surface area contributed by atoms with Crippen molar-refractivity contribution in [2.24, 2.45) is 0 Å². The van der Waals surface area contributed by atoms with Gasteiger partial charge in [-0.3, -0.25) is 4.79 Å². The third kappa shape index (κ3) is 3.41. The first-order chi connectivity index (χ1) is 7.47. The minimum Gasteiger partial charge on any atom is -0.480 e. The highest BCUT2D eigenvalue weighted by atomic mass is 32.2. The summed E-state index contributed by atoms with van der Waals surface area (Å²) >= 11 is 0. The zero-order chi connectivity index (χ0) is 12.2. The van der Waals surface area contributed by atoms with Gasteiger partial charge in [0.15, 0.2) is 0 Å². The summed E-state index contributed by atoms with van der Waals surface area (Å²) in [7, 11) is -3.74. The van der Waals surface area contributed by atoms with Gasteiger partial charge < -0.3 is 10.2 Å². The molecular formula is C8H16N2O5S. The molecule has 7 nitrogen and oxygen atoms in total. The standard InChI is InChI=1S/C8H16N2O5S/c11-6-3-7(8(12)13)9-16(14,15)10-4-1-2-5-10/h7,9,11H,1-6H2,(H,12,13). The van der Waals surface area contributed by atoms with Crippen LogP contribution in [0.4, 0.5) is 0 Å². The second-order valence-electron chi connectivity index (χ2n) is 3.63. The third-order valence-corrected chi connectivity index (χ3v) is 4.04. The molecule has 0 spiro atoms. The van der Waals surface area contributed by atoms with Crippen LogP contribution in [0.3, 0.4) is 0 Å². The molecule has 0 radical (unpaired) electrons. The second kappa shape index (κ2) is 5.58. The van der Waals surface area contributed by atoms with Crippen LogP contribution in [0, 0.1) is 0 Å². The molecule has 8 heteroatoms. The zero-order valence-electron chi connectivity index (χ0n) is 8.79. The number of carboxylic acids is 1. The average molecular weight is 252 g/mol. The lowest BCUT2D eigenvalue weighted by Gasteiger charge is -2.19. The Bertz CT molecular complexity index is 336. The van der Waals surface area contributed by atoms with Crippen molar-refractivity contribution in [3.8, 4) is 0 Å². The maximum absolute atomic E-state index is 11.7. The highest BCUT2D eigenvalue weighted by molar-refractivity contribution is 7.87. The Morgan fingerprint density at radius 2 is 1.94 bits per heavy atom. The number of carboxylic acid groups (broad SMARTS) is 1. The van der Waals surface area contributed by atoms with Crippen molar-refractivity contribution in [3.05, 3.63) is 0 Å². The number of carbonyl (C=O) groups is 1. The predicted molar refractivity (Wildman–Crippen MR) is 56.0 cm³/mol. The van der Waals surface area contributed by atoms with Crippen molar-refractivity contribution in [1.82, 2.24) is 9.03 Å². The highest BCUT2D eigenvalue weighted by Crippen LogP contribution is 2.12. The zero-order valence-corrected chi connectivity index (χ0v) is 9.61. The van der Waals surface area contributed by atoms with E-state index in [1.165, 1.54) is 4.31 Å². The first-order valence-corrected chi connectivity index (χ1v) is 6.52. The van der Waals surface area contributed by atoms with E-state index in [0.717, 1.165) is 12.8 Å². The summed E-state index contributed by atoms with van der Waals surface area (Å²) in [5.74, 6) is -1.28. The van der Waals surface area contributed by atoms with Gasteiger partial charge in [-0.15, -0.1) is 0 Å². The van der Waals surface area contributed by atoms with E-state index in [1.54, 1.807) is 0 Å². The van der Waals surface area contributed by atoms with Crippen LogP contribution in [-0.2, 0) is 15.0 Å². The van der Waals surface area contributed by atoms with Crippen LogP contribution >= 0.6 is 0 Å². The van der Waals surface area contributed by atoms with Crippen LogP contribution in [0.5, 0.6) is 0 Å². The van der Waals surface area contributed by atoms with Crippen molar-refractivity contribution in [1.29, 1.82) is 0 Å². The van der Waals surface area contributed by atoms with Gasteiger partial charge in [-0.1, -0.05) is 0 Å². The lowest BCUT2D eigenvalue weighted by Crippen LogP contribution is -2.47. The molecule has 1 saturated heterocycles. The number of hydrogen-bond donors (Lipinski definition) is 3. The Morgan fingerprint density at radius 1 is 1.38 bits per heavy atom. The number of rotatable bonds is 6. The normalized spacial score (nSPS) is 19.8. The van der Waals surface area contributed by atoms with Crippen molar-refractivity contribution >= 4 is 16.2 Å². The van der Waals surface area contributed by atoms with Crippen molar-refractivity contribution in [3.63, 3.8) is 0 Å². The minimum atomic E-state index is -3.74. The summed E-state index contributed by atoms with van der Waals surface area (Å²) in [4.78, 5) is 10.7. The molecule has 1 rings (SSSR count). The summed E-state index contributed by atoms with van der Waals surface area (Å²) in [5.41, 5.74) is 0. The van der Waals surface area contributed by atoms with E-state index in [2.05, 4.69) is 4.72 Å². The van der Waals surface area contributed by atoms with Gasteiger partial charge in [0.25, 0.3) is 10.2 Å². The Morgan fingerprint density at radius 3 is 2.38 bits per heavy atom. The average Bonchev–Trinajstić information content (AvgIpc) is 2.69. The Balaban J connectivity index is 2.65. The maximum Gasteiger partial charge on any atom is 0.321 e. The molecule has 0 aliphatic carbocycles. The molecule has 3 N–H and O–H groups in total. The van der Waals surface area contributed by atoms with Crippen molar-refractivity contribution in [2.45, 2.75) is 25.3 Å². The molecule has 0 aromatic carbocycles. The fraction of sp³-hybridized carbons (Fsp3) is 0.875. The first-order valence-electron chi connectivity index (χ1n) is 5.08. The topological polar surface area (TPSA) is 107 Å². The quantitative estimate of drug-likeness (QED) is 0.547. The number of hydrogen-bond acceptors (Lipinski definition) is 4. The fourth-order valence-corrected chi connectivity index (χ4v) is 3.01. The minimum absolute atomic E-state index is 0.137. The summed E-state index contributed by atoms with van der Waals surface area (Å²) in [6.45, 7) is 0.459. The van der Waals surface area contributed by atoms with E-state index in [-0.39, 0.29) is 13.0 Å². The summed E-state index contributed by atoms with van der Waals surface area (Å²) in [6, 6.07) is -1.27. The molecule has 0 amide bonds. The van der Waals surface area contributed by atoms with Gasteiger partial charge in [0.05, 0.1) is 0 Å². The predicted octanol–water partition coefficient (Wildman–Crippen LogP) is -1.25. The van der Waals surface area contributed by atoms with Crippen LogP contribution in [0.15, 0.2) is 0 Å². The van der Waals surface area contributed by atoms with Gasteiger partial charge in [-0.05, 0) is 19.3 Å². The van der Waals surface area contributed by atoms with Gasteiger partial charge in [-0.25, -0.2) is 0 Å². The number of aliphatic hydroxyl groups is 1. The molecule has 16 heavy (non-hydrogen) atoms. The molecule has 1 aliphatic heterocycles. The summed E-state index contributed by atoms with van der Waals surface area (Å²) < 4.78 is 26.7. The molecule has 0 saturated carbocycles. The van der Waals surface area contributed by atoms with Gasteiger partial charge >= 0.3 is 5.97 Å². The number of nitrogens with zero attached hydrogens (tertiary/aromatic N) is 1. The second-order valence-corrected chi connectivity index (χ2v) is 5.33. The smallest absolute Gasteiger partial charge is 0.321 e. The number of nitrogens with one attached hydrogen (secondary N) is 1. The lowest BCUT2D eigenvalue weighted by atomic mass is 10.2. The van der Waals surface area contributed by atoms with E-state index >= 15 is 0 Å². The van der Waals surface area contributed by atoms with Gasteiger partial charge in [0.1, 0.15) is 6.04 Å². The van der Waals surface area contributed by atoms with Gasteiger partial charge in [-0.2, -0.15) is 17.4 Å². The summed E-state index contributed by atoms with van der Waals surface area (Å²) in [5, 5.41) is 17.4. The van der Waals surface area contributed by atoms with Crippen LogP contribution in [0.2, 0.25) is 0 Å². The van der Waals surface area contributed by atoms with Crippen LogP contribution in [0.1, 0.15) is 19.3 Å². The van der Waals surface area contributed by atoms with Gasteiger partial charge in [0.2, 0.25) is 0 Å². The fourth-order valence-electron chi connectivity index (χ4n) is 1.54. The van der Waals surface area contributed by atoms with E-state index in [1.807, 2.05) is 0 Å². The number of aliphatic carboxylic acids is 1. The molecule has 1 heterocycles. The molecule has 1 atom stereocenters. The Kier molecular flexibility index (Phi) is 4.66. The van der Waals surface area contributed by atoms with Crippen molar-refractivity contribution < 1.29 is 23.4 Å². The van der Waals surface area contributed by atoms with Crippen LogP contribution < -0.4 is 4.72 Å². The summed E-state index contributed by atoms with van der Waals surface area (Å²) in [6.07, 6.45) is 1.44. The van der Waals surface area contributed by atoms with E-state index < -0.39 is 22.2 Å². The monoisotopic (exact) mass is 252 g/mol.